The summed E-state index contributed by atoms with van der Waals surface area (Å²) in [6, 6.07) is 10.2. The van der Waals surface area contributed by atoms with E-state index in [-0.39, 0.29) is 18.1 Å². The predicted molar refractivity (Wildman–Crippen MR) is 97.0 cm³/mol. The van der Waals surface area contributed by atoms with Crippen LogP contribution in [0, 0.1) is 20.8 Å². The highest BCUT2D eigenvalue weighted by molar-refractivity contribution is 5.75. The van der Waals surface area contributed by atoms with Gasteiger partial charge in [-0.15, -0.1) is 0 Å². The SMILES string of the molecule is Cc1ccc(OCC(C)NC(=O)N2CC(n3nc(C)cc3C)C2)cc1. The minimum Gasteiger partial charge on any atom is -0.491 e. The predicted octanol–water partition coefficient (Wildman–Crippen LogP) is 2.84. The number of likely N-dealkylation sites (tertiary alicyclic amines) is 1. The summed E-state index contributed by atoms with van der Waals surface area (Å²) in [5, 5.41) is 7.48. The molecule has 1 saturated heterocycles. The van der Waals surface area contributed by atoms with Crippen molar-refractivity contribution in [3.05, 3.63) is 47.3 Å². The van der Waals surface area contributed by atoms with Gasteiger partial charge in [0.1, 0.15) is 12.4 Å². The Balaban J connectivity index is 1.42. The number of aryl methyl sites for hydroxylation is 3. The molecule has 1 unspecified atom stereocenters. The molecule has 1 aliphatic heterocycles. The number of aromatic nitrogens is 2. The summed E-state index contributed by atoms with van der Waals surface area (Å²) in [5.74, 6) is 0.820. The van der Waals surface area contributed by atoms with Gasteiger partial charge < -0.3 is 15.0 Å². The maximum Gasteiger partial charge on any atom is 0.317 e. The molecule has 0 spiro atoms. The van der Waals surface area contributed by atoms with E-state index in [1.54, 1.807) is 0 Å². The van der Waals surface area contributed by atoms with E-state index in [9.17, 15) is 4.79 Å². The third-order valence-corrected chi connectivity index (χ3v) is 4.43. The molecule has 0 radical (unpaired) electrons. The average molecular weight is 342 g/mol. The number of ether oxygens (including phenoxy) is 1. The fourth-order valence-electron chi connectivity index (χ4n) is 2.99. The zero-order valence-corrected chi connectivity index (χ0v) is 15.3. The second-order valence-electron chi connectivity index (χ2n) is 6.91. The molecule has 3 rings (SSSR count). The van der Waals surface area contributed by atoms with Crippen LogP contribution in [0.15, 0.2) is 30.3 Å². The largest absolute Gasteiger partial charge is 0.491 e. The summed E-state index contributed by atoms with van der Waals surface area (Å²) in [6.07, 6.45) is 0. The summed E-state index contributed by atoms with van der Waals surface area (Å²) >= 11 is 0. The van der Waals surface area contributed by atoms with Crippen molar-refractivity contribution >= 4 is 6.03 Å². The van der Waals surface area contributed by atoms with Crippen molar-refractivity contribution in [2.45, 2.75) is 39.8 Å². The van der Waals surface area contributed by atoms with E-state index in [1.807, 2.05) is 61.5 Å². The van der Waals surface area contributed by atoms with E-state index in [1.165, 1.54) is 5.56 Å². The molecule has 1 atom stereocenters. The molecule has 1 aromatic carbocycles. The van der Waals surface area contributed by atoms with Crippen LogP contribution in [-0.2, 0) is 0 Å². The molecule has 1 N–H and O–H groups in total. The highest BCUT2D eigenvalue weighted by Gasteiger charge is 2.33. The Morgan fingerprint density at radius 1 is 1.28 bits per heavy atom. The van der Waals surface area contributed by atoms with Gasteiger partial charge in [0.15, 0.2) is 0 Å². The Bertz CT molecular complexity index is 732. The van der Waals surface area contributed by atoms with Gasteiger partial charge in [0.25, 0.3) is 0 Å². The summed E-state index contributed by atoms with van der Waals surface area (Å²) in [4.78, 5) is 14.1. The smallest absolute Gasteiger partial charge is 0.317 e. The van der Waals surface area contributed by atoms with Crippen LogP contribution in [0.1, 0.15) is 29.9 Å². The summed E-state index contributed by atoms with van der Waals surface area (Å²) in [5.41, 5.74) is 3.35. The zero-order chi connectivity index (χ0) is 18.0. The standard InChI is InChI=1S/C19H26N4O2/c1-13-5-7-18(8-6-13)25-12-15(3)20-19(24)22-10-17(11-22)23-16(4)9-14(2)21-23/h5-9,15,17H,10-12H2,1-4H3,(H,20,24). The van der Waals surface area contributed by atoms with Gasteiger partial charge in [-0.3, -0.25) is 4.68 Å². The molecular weight excluding hydrogens is 316 g/mol. The number of urea groups is 1. The number of benzene rings is 1. The molecule has 0 bridgehead atoms. The monoisotopic (exact) mass is 342 g/mol. The minimum atomic E-state index is -0.0541. The molecule has 1 aliphatic rings. The molecular formula is C19H26N4O2. The molecule has 2 amide bonds. The summed E-state index contributed by atoms with van der Waals surface area (Å²) in [7, 11) is 0. The molecule has 1 fully saturated rings. The summed E-state index contributed by atoms with van der Waals surface area (Å²) in [6.45, 7) is 9.86. The normalized spacial score (nSPS) is 15.6. The summed E-state index contributed by atoms with van der Waals surface area (Å²) < 4.78 is 7.73. The molecule has 6 heteroatoms. The Labute approximate surface area is 148 Å². The van der Waals surface area contributed by atoms with Crippen LogP contribution in [0.25, 0.3) is 0 Å². The van der Waals surface area contributed by atoms with Crippen LogP contribution in [0.5, 0.6) is 5.75 Å². The quantitative estimate of drug-likeness (QED) is 0.909. The van der Waals surface area contributed by atoms with Crippen LogP contribution < -0.4 is 10.1 Å². The molecule has 0 saturated carbocycles. The van der Waals surface area contributed by atoms with Crippen molar-refractivity contribution in [2.75, 3.05) is 19.7 Å². The first-order chi connectivity index (χ1) is 11.9. The van der Waals surface area contributed by atoms with E-state index in [0.717, 1.165) is 17.1 Å². The van der Waals surface area contributed by atoms with E-state index in [0.29, 0.717) is 19.7 Å². The van der Waals surface area contributed by atoms with Crippen LogP contribution in [0.4, 0.5) is 4.79 Å². The first kappa shape index (κ1) is 17.3. The number of hydrogen-bond acceptors (Lipinski definition) is 3. The highest BCUT2D eigenvalue weighted by atomic mass is 16.5. The van der Waals surface area contributed by atoms with Gasteiger partial charge in [-0.1, -0.05) is 17.7 Å². The van der Waals surface area contributed by atoms with E-state index in [4.69, 9.17) is 4.74 Å². The number of amides is 2. The Morgan fingerprint density at radius 3 is 2.56 bits per heavy atom. The van der Waals surface area contributed by atoms with Crippen molar-refractivity contribution in [3.8, 4) is 5.75 Å². The van der Waals surface area contributed by atoms with E-state index < -0.39 is 0 Å². The maximum atomic E-state index is 12.3. The number of rotatable bonds is 5. The average Bonchev–Trinajstić information content (AvgIpc) is 2.83. The molecule has 1 aromatic heterocycles. The number of nitrogens with one attached hydrogen (secondary N) is 1. The lowest BCUT2D eigenvalue weighted by molar-refractivity contribution is 0.113. The van der Waals surface area contributed by atoms with Gasteiger partial charge in [0.2, 0.25) is 0 Å². The Morgan fingerprint density at radius 2 is 1.96 bits per heavy atom. The van der Waals surface area contributed by atoms with E-state index >= 15 is 0 Å². The van der Waals surface area contributed by atoms with E-state index in [2.05, 4.69) is 16.5 Å². The lowest BCUT2D eigenvalue weighted by atomic mass is 10.1. The van der Waals surface area contributed by atoms with Gasteiger partial charge in [-0.25, -0.2) is 4.79 Å². The van der Waals surface area contributed by atoms with Crippen molar-refractivity contribution in [2.24, 2.45) is 0 Å². The van der Waals surface area contributed by atoms with Crippen molar-refractivity contribution in [1.29, 1.82) is 0 Å². The van der Waals surface area contributed by atoms with Crippen LogP contribution in [0.2, 0.25) is 0 Å². The Hall–Kier alpha value is -2.50. The second kappa shape index (κ2) is 7.17. The van der Waals surface area contributed by atoms with Crippen LogP contribution in [0.3, 0.4) is 0 Å². The minimum absolute atomic E-state index is 0.0437. The Kier molecular flexibility index (Phi) is 4.97. The number of nitrogens with zero attached hydrogens (tertiary/aromatic N) is 3. The third kappa shape index (κ3) is 4.13. The lowest BCUT2D eigenvalue weighted by Crippen LogP contribution is -2.56. The number of hydrogen-bond donors (Lipinski definition) is 1. The van der Waals surface area contributed by atoms with Gasteiger partial charge in [-0.2, -0.15) is 5.10 Å². The molecule has 134 valence electrons. The van der Waals surface area contributed by atoms with Crippen LogP contribution >= 0.6 is 0 Å². The zero-order valence-electron chi connectivity index (χ0n) is 15.3. The number of carbonyl (C=O) groups excluding carboxylic acids is 1. The number of carbonyl (C=O) groups is 1. The van der Waals surface area contributed by atoms with Crippen LogP contribution in [-0.4, -0.2) is 46.4 Å². The fraction of sp³-hybridized carbons (Fsp3) is 0.474. The molecule has 0 aliphatic carbocycles. The van der Waals surface area contributed by atoms with Gasteiger partial charge >= 0.3 is 6.03 Å². The fourth-order valence-corrected chi connectivity index (χ4v) is 2.99. The second-order valence-corrected chi connectivity index (χ2v) is 6.91. The molecule has 2 heterocycles. The lowest BCUT2D eigenvalue weighted by Gasteiger charge is -2.40. The molecule has 6 nitrogen and oxygen atoms in total. The topological polar surface area (TPSA) is 59.4 Å². The van der Waals surface area contributed by atoms with Gasteiger partial charge in [0.05, 0.1) is 17.8 Å². The highest BCUT2D eigenvalue weighted by Crippen LogP contribution is 2.22. The molecule has 2 aromatic rings. The van der Waals surface area contributed by atoms with Gasteiger partial charge in [0, 0.05) is 18.8 Å². The van der Waals surface area contributed by atoms with Crippen molar-refractivity contribution in [3.63, 3.8) is 0 Å². The van der Waals surface area contributed by atoms with Crippen molar-refractivity contribution in [1.82, 2.24) is 20.0 Å². The first-order valence-corrected chi connectivity index (χ1v) is 8.70. The molecule has 25 heavy (non-hydrogen) atoms. The van der Waals surface area contributed by atoms with Gasteiger partial charge in [-0.05, 0) is 45.9 Å². The van der Waals surface area contributed by atoms with Crippen molar-refractivity contribution < 1.29 is 9.53 Å². The third-order valence-electron chi connectivity index (χ3n) is 4.43. The first-order valence-electron chi connectivity index (χ1n) is 8.70. The maximum absolute atomic E-state index is 12.3.